The summed E-state index contributed by atoms with van der Waals surface area (Å²) in [5.74, 6) is 0. The fraction of sp³-hybridized carbons (Fsp3) is 0.625. The molecular formula is C16H26N2. The van der Waals surface area contributed by atoms with Gasteiger partial charge in [-0.3, -0.25) is 4.90 Å². The predicted octanol–water partition coefficient (Wildman–Crippen LogP) is 3.01. The van der Waals surface area contributed by atoms with Crippen LogP contribution in [0.4, 0.5) is 0 Å². The number of nitrogens with zero attached hydrogens (tertiary/aromatic N) is 1. The molecule has 2 N–H and O–H groups in total. The number of benzene rings is 1. The summed E-state index contributed by atoms with van der Waals surface area (Å²) >= 11 is 0. The predicted molar refractivity (Wildman–Crippen MR) is 77.6 cm³/mol. The van der Waals surface area contributed by atoms with Gasteiger partial charge in [-0.2, -0.15) is 0 Å². The van der Waals surface area contributed by atoms with Crippen molar-refractivity contribution in [3.8, 4) is 0 Å². The van der Waals surface area contributed by atoms with Gasteiger partial charge >= 0.3 is 0 Å². The van der Waals surface area contributed by atoms with E-state index in [0.717, 1.165) is 6.54 Å². The first kappa shape index (κ1) is 13.6. The largest absolute Gasteiger partial charge is 0.326 e. The Morgan fingerprint density at radius 1 is 1.22 bits per heavy atom. The average Bonchev–Trinajstić information content (AvgIpc) is 2.34. The number of aryl methyl sites for hydroxylation is 2. The molecule has 2 nitrogen and oxygen atoms in total. The highest BCUT2D eigenvalue weighted by Gasteiger charge is 2.25. The lowest BCUT2D eigenvalue weighted by molar-refractivity contribution is 0.162. The second kappa shape index (κ2) is 5.85. The molecule has 0 spiro atoms. The van der Waals surface area contributed by atoms with Crippen LogP contribution in [0.1, 0.15) is 42.4 Å². The number of hydrogen-bond donors (Lipinski definition) is 1. The molecule has 2 heteroatoms. The summed E-state index contributed by atoms with van der Waals surface area (Å²) in [4.78, 5) is 2.45. The van der Waals surface area contributed by atoms with Gasteiger partial charge in [0.25, 0.3) is 0 Å². The van der Waals surface area contributed by atoms with Gasteiger partial charge in [-0.25, -0.2) is 0 Å². The molecular weight excluding hydrogens is 220 g/mol. The van der Waals surface area contributed by atoms with E-state index in [1.165, 1.54) is 42.4 Å². The van der Waals surface area contributed by atoms with Crippen LogP contribution in [0.2, 0.25) is 0 Å². The second-order valence-electron chi connectivity index (χ2n) is 5.86. The Bertz CT molecular complexity index is 400. The molecule has 1 aliphatic carbocycles. The van der Waals surface area contributed by atoms with Crippen LogP contribution in [-0.4, -0.2) is 24.0 Å². The van der Waals surface area contributed by atoms with Crippen molar-refractivity contribution in [2.75, 3.05) is 7.05 Å². The standard InChI is InChI=1S/C16H26N2/c1-12-8-9-13(2)14(10-12)11-18(3)16-7-5-4-6-15(16)17/h8-10,15-16H,4-7,11,17H2,1-3H3. The average molecular weight is 246 g/mol. The third kappa shape index (κ3) is 3.12. The molecule has 0 radical (unpaired) electrons. The molecule has 0 bridgehead atoms. The Labute approximate surface area is 111 Å². The van der Waals surface area contributed by atoms with Crippen molar-refractivity contribution in [3.63, 3.8) is 0 Å². The van der Waals surface area contributed by atoms with Gasteiger partial charge in [0.2, 0.25) is 0 Å². The molecule has 0 amide bonds. The van der Waals surface area contributed by atoms with Gasteiger partial charge in [0, 0.05) is 18.6 Å². The summed E-state index contributed by atoms with van der Waals surface area (Å²) in [6.07, 6.45) is 5.06. The van der Waals surface area contributed by atoms with E-state index < -0.39 is 0 Å². The molecule has 1 fully saturated rings. The number of rotatable bonds is 3. The van der Waals surface area contributed by atoms with Crippen molar-refractivity contribution >= 4 is 0 Å². The Morgan fingerprint density at radius 3 is 2.67 bits per heavy atom. The van der Waals surface area contributed by atoms with Crippen molar-refractivity contribution in [3.05, 3.63) is 34.9 Å². The summed E-state index contributed by atoms with van der Waals surface area (Å²) in [6.45, 7) is 5.38. The summed E-state index contributed by atoms with van der Waals surface area (Å²) in [5, 5.41) is 0. The quantitative estimate of drug-likeness (QED) is 0.888. The number of hydrogen-bond acceptors (Lipinski definition) is 2. The molecule has 1 aromatic carbocycles. The van der Waals surface area contributed by atoms with E-state index in [0.29, 0.717) is 12.1 Å². The molecule has 2 rings (SSSR count). The second-order valence-corrected chi connectivity index (χ2v) is 5.86. The highest BCUT2D eigenvalue weighted by atomic mass is 15.1. The normalized spacial score (nSPS) is 24.5. The van der Waals surface area contributed by atoms with Crippen LogP contribution in [-0.2, 0) is 6.54 Å². The molecule has 100 valence electrons. The van der Waals surface area contributed by atoms with Gasteiger partial charge in [0.1, 0.15) is 0 Å². The van der Waals surface area contributed by atoms with Crippen molar-refractivity contribution in [1.82, 2.24) is 4.90 Å². The summed E-state index contributed by atoms with van der Waals surface area (Å²) in [7, 11) is 2.22. The van der Waals surface area contributed by atoms with E-state index in [1.807, 2.05) is 0 Å². The van der Waals surface area contributed by atoms with E-state index in [4.69, 9.17) is 5.73 Å². The number of nitrogens with two attached hydrogens (primary N) is 1. The maximum Gasteiger partial charge on any atom is 0.0247 e. The first-order chi connectivity index (χ1) is 8.58. The molecule has 18 heavy (non-hydrogen) atoms. The third-order valence-electron chi connectivity index (χ3n) is 4.27. The zero-order valence-corrected chi connectivity index (χ0v) is 11.9. The van der Waals surface area contributed by atoms with E-state index in [9.17, 15) is 0 Å². The zero-order chi connectivity index (χ0) is 13.1. The van der Waals surface area contributed by atoms with Crippen LogP contribution in [0, 0.1) is 13.8 Å². The fourth-order valence-corrected chi connectivity index (χ4v) is 3.04. The van der Waals surface area contributed by atoms with Gasteiger partial charge in [-0.15, -0.1) is 0 Å². The molecule has 0 saturated heterocycles. The smallest absolute Gasteiger partial charge is 0.0247 e. The topological polar surface area (TPSA) is 29.3 Å². The van der Waals surface area contributed by atoms with Crippen molar-refractivity contribution in [2.24, 2.45) is 5.73 Å². The van der Waals surface area contributed by atoms with Gasteiger partial charge in [0.05, 0.1) is 0 Å². The van der Waals surface area contributed by atoms with E-state index in [-0.39, 0.29) is 0 Å². The minimum atomic E-state index is 0.355. The molecule has 0 aliphatic heterocycles. The fourth-order valence-electron chi connectivity index (χ4n) is 3.04. The highest BCUT2D eigenvalue weighted by molar-refractivity contribution is 5.30. The van der Waals surface area contributed by atoms with Crippen molar-refractivity contribution in [2.45, 2.75) is 58.2 Å². The summed E-state index contributed by atoms with van der Waals surface area (Å²) in [5.41, 5.74) is 10.4. The first-order valence-corrected chi connectivity index (χ1v) is 7.10. The van der Waals surface area contributed by atoms with E-state index in [2.05, 4.69) is 44.0 Å². The van der Waals surface area contributed by atoms with E-state index >= 15 is 0 Å². The molecule has 2 unspecified atom stereocenters. The van der Waals surface area contributed by atoms with Gasteiger partial charge < -0.3 is 5.73 Å². The summed E-state index contributed by atoms with van der Waals surface area (Å²) in [6, 6.07) is 7.62. The molecule has 1 aliphatic rings. The Morgan fingerprint density at radius 2 is 1.94 bits per heavy atom. The lowest BCUT2D eigenvalue weighted by Crippen LogP contribution is -2.47. The SMILES string of the molecule is Cc1ccc(C)c(CN(C)C2CCCCC2N)c1. The number of likely N-dealkylation sites (N-methyl/N-ethyl adjacent to an activating group) is 1. The van der Waals surface area contributed by atoms with Crippen LogP contribution in [0.3, 0.4) is 0 Å². The molecule has 1 aromatic rings. The van der Waals surface area contributed by atoms with Crippen molar-refractivity contribution < 1.29 is 0 Å². The lowest BCUT2D eigenvalue weighted by atomic mass is 9.89. The van der Waals surface area contributed by atoms with Crippen LogP contribution >= 0.6 is 0 Å². The van der Waals surface area contributed by atoms with Crippen molar-refractivity contribution in [1.29, 1.82) is 0 Å². The first-order valence-electron chi connectivity index (χ1n) is 7.10. The minimum Gasteiger partial charge on any atom is -0.326 e. The lowest BCUT2D eigenvalue weighted by Gasteiger charge is -2.36. The molecule has 1 saturated carbocycles. The maximum absolute atomic E-state index is 6.26. The Balaban J connectivity index is 2.05. The van der Waals surface area contributed by atoms with Crippen LogP contribution in [0.15, 0.2) is 18.2 Å². The van der Waals surface area contributed by atoms with Crippen LogP contribution in [0.5, 0.6) is 0 Å². The van der Waals surface area contributed by atoms with Crippen LogP contribution in [0.25, 0.3) is 0 Å². The van der Waals surface area contributed by atoms with Gasteiger partial charge in [-0.1, -0.05) is 36.6 Å². The highest BCUT2D eigenvalue weighted by Crippen LogP contribution is 2.23. The Kier molecular flexibility index (Phi) is 4.41. The third-order valence-corrected chi connectivity index (χ3v) is 4.27. The minimum absolute atomic E-state index is 0.355. The monoisotopic (exact) mass is 246 g/mol. The molecule has 0 aromatic heterocycles. The zero-order valence-electron chi connectivity index (χ0n) is 11.9. The van der Waals surface area contributed by atoms with Gasteiger partial charge in [-0.05, 0) is 44.9 Å². The van der Waals surface area contributed by atoms with Crippen LogP contribution < -0.4 is 5.73 Å². The maximum atomic E-state index is 6.26. The van der Waals surface area contributed by atoms with Gasteiger partial charge in [0.15, 0.2) is 0 Å². The molecule has 2 atom stereocenters. The Hall–Kier alpha value is -0.860. The summed E-state index contributed by atoms with van der Waals surface area (Å²) < 4.78 is 0. The molecule has 0 heterocycles. The van der Waals surface area contributed by atoms with E-state index in [1.54, 1.807) is 0 Å².